The molecule has 0 bridgehead atoms. The fourth-order valence-electron chi connectivity index (χ4n) is 5.14. The third-order valence-electron chi connectivity index (χ3n) is 7.04. The number of carbonyl (C=O) groups is 1. The molecule has 182 valence electrons. The lowest BCUT2D eigenvalue weighted by molar-refractivity contribution is -0.138. The van der Waals surface area contributed by atoms with Gasteiger partial charge in [0.2, 0.25) is 5.91 Å². The van der Waals surface area contributed by atoms with Crippen LogP contribution in [0.4, 0.5) is 5.82 Å². The van der Waals surface area contributed by atoms with E-state index in [9.17, 15) is 4.79 Å². The Morgan fingerprint density at radius 1 is 1.18 bits per heavy atom. The minimum atomic E-state index is -0.661. The number of anilines is 1. The summed E-state index contributed by atoms with van der Waals surface area (Å²) in [5, 5.41) is 0.667. The number of benzene rings is 1. The zero-order chi connectivity index (χ0) is 22.2. The molecule has 6 nitrogen and oxygen atoms in total. The molecule has 0 spiro atoms. The molecule has 1 aromatic carbocycles. The van der Waals surface area contributed by atoms with Gasteiger partial charge >= 0.3 is 0 Å². The third kappa shape index (κ3) is 5.24. The summed E-state index contributed by atoms with van der Waals surface area (Å²) in [4.78, 5) is 27.2. The molecule has 0 radical (unpaired) electrons. The first-order chi connectivity index (χ1) is 14.8. The Morgan fingerprint density at radius 2 is 1.88 bits per heavy atom. The molecule has 2 heterocycles. The first-order valence-electron chi connectivity index (χ1n) is 11.2. The van der Waals surface area contributed by atoms with E-state index >= 15 is 0 Å². The van der Waals surface area contributed by atoms with E-state index in [-0.39, 0.29) is 36.8 Å². The molecule has 3 atom stereocenters. The molecule has 1 aliphatic heterocycles. The molecule has 1 unspecified atom stereocenters. The highest BCUT2D eigenvalue weighted by atomic mass is 35.5. The maximum absolute atomic E-state index is 13.7. The molecule has 4 rings (SSSR count). The van der Waals surface area contributed by atoms with Crippen molar-refractivity contribution in [2.75, 3.05) is 31.1 Å². The van der Waals surface area contributed by atoms with Crippen LogP contribution >= 0.6 is 36.4 Å². The van der Waals surface area contributed by atoms with E-state index in [4.69, 9.17) is 17.3 Å². The molecule has 1 saturated heterocycles. The van der Waals surface area contributed by atoms with Crippen molar-refractivity contribution in [2.24, 2.45) is 5.73 Å². The van der Waals surface area contributed by atoms with Gasteiger partial charge < -0.3 is 15.5 Å². The lowest BCUT2D eigenvalue weighted by atomic mass is 9.78. The van der Waals surface area contributed by atoms with Crippen molar-refractivity contribution in [3.63, 3.8) is 0 Å². The van der Waals surface area contributed by atoms with Crippen LogP contribution in [0, 0.1) is 0 Å². The van der Waals surface area contributed by atoms with Crippen LogP contribution in [0.5, 0.6) is 0 Å². The number of rotatable bonds is 5. The topological polar surface area (TPSA) is 75.4 Å². The van der Waals surface area contributed by atoms with Gasteiger partial charge in [0.05, 0.1) is 5.41 Å². The summed E-state index contributed by atoms with van der Waals surface area (Å²) in [5.41, 5.74) is 8.70. The Morgan fingerprint density at radius 3 is 2.52 bits per heavy atom. The van der Waals surface area contributed by atoms with Crippen LogP contribution in [0.15, 0.2) is 30.6 Å². The van der Waals surface area contributed by atoms with Crippen molar-refractivity contribution < 1.29 is 4.79 Å². The molecule has 2 N–H and O–H groups in total. The summed E-state index contributed by atoms with van der Waals surface area (Å²) < 4.78 is 0. The molecule has 2 aromatic rings. The first-order valence-corrected chi connectivity index (χ1v) is 11.6. The summed E-state index contributed by atoms with van der Waals surface area (Å²) in [7, 11) is 0. The summed E-state index contributed by atoms with van der Waals surface area (Å²) in [6.45, 7) is 8.99. The van der Waals surface area contributed by atoms with Gasteiger partial charge in [-0.1, -0.05) is 30.7 Å². The van der Waals surface area contributed by atoms with Gasteiger partial charge in [0.15, 0.2) is 0 Å². The number of nitrogens with two attached hydrogens (primary N) is 1. The average Bonchev–Trinajstić information content (AvgIpc) is 3.15. The van der Waals surface area contributed by atoms with E-state index < -0.39 is 5.41 Å². The van der Waals surface area contributed by atoms with Gasteiger partial charge in [0.25, 0.3) is 0 Å². The second-order valence-electron chi connectivity index (χ2n) is 9.17. The molecule has 1 aromatic heterocycles. The fraction of sp³-hybridized carbons (Fsp3) is 0.542. The third-order valence-corrected chi connectivity index (χ3v) is 7.29. The van der Waals surface area contributed by atoms with Crippen molar-refractivity contribution >= 4 is 48.1 Å². The van der Waals surface area contributed by atoms with Gasteiger partial charge in [0, 0.05) is 42.0 Å². The number of aromatic nitrogens is 2. The summed E-state index contributed by atoms with van der Waals surface area (Å²) >= 11 is 6.07. The lowest BCUT2D eigenvalue weighted by Crippen LogP contribution is -2.58. The number of nitrogens with zero attached hydrogens (tertiary/aromatic N) is 4. The minimum Gasteiger partial charge on any atom is -0.350 e. The van der Waals surface area contributed by atoms with Crippen molar-refractivity contribution in [3.8, 4) is 0 Å². The zero-order valence-electron chi connectivity index (χ0n) is 19.5. The Balaban J connectivity index is 0.00000193. The number of amides is 1. The van der Waals surface area contributed by atoms with Crippen molar-refractivity contribution in [3.05, 3.63) is 52.4 Å². The number of carbonyl (C=O) groups excluding carboxylic acids is 1. The molecular weight excluding hydrogens is 481 g/mol. The van der Waals surface area contributed by atoms with E-state index in [2.05, 4.69) is 28.7 Å². The highest BCUT2D eigenvalue weighted by molar-refractivity contribution is 6.30. The fourth-order valence-corrected chi connectivity index (χ4v) is 5.26. The summed E-state index contributed by atoms with van der Waals surface area (Å²) in [5.74, 6) is 1.67. The van der Waals surface area contributed by atoms with Crippen LogP contribution in [0.1, 0.15) is 56.4 Å². The standard InChI is InChI=1S/C24H32ClN5O.2ClH/c1-16-4-9-20-21(16)22(28-15-27-20)30-13-12-29(14-17(30)2)23(31)24(3,10-11-26)18-5-7-19(25)8-6-18;;/h5-8,15-17H,4,9-14,26H2,1-3H3;2*1H/t16-,17+,24?;;/m1../s1. The maximum Gasteiger partial charge on any atom is 0.233 e. The Bertz CT molecular complexity index is 958. The van der Waals surface area contributed by atoms with Gasteiger partial charge in [-0.15, -0.1) is 24.8 Å². The second-order valence-corrected chi connectivity index (χ2v) is 9.61. The van der Waals surface area contributed by atoms with Crippen molar-refractivity contribution in [1.82, 2.24) is 14.9 Å². The monoisotopic (exact) mass is 513 g/mol. The van der Waals surface area contributed by atoms with Gasteiger partial charge in [-0.2, -0.15) is 0 Å². The van der Waals surface area contributed by atoms with Gasteiger partial charge in [-0.25, -0.2) is 9.97 Å². The predicted octanol–water partition coefficient (Wildman–Crippen LogP) is 4.37. The number of hydrogen-bond donors (Lipinski definition) is 1. The molecular formula is C24H34Cl3N5O. The van der Waals surface area contributed by atoms with Gasteiger partial charge in [0.1, 0.15) is 12.1 Å². The molecule has 33 heavy (non-hydrogen) atoms. The highest BCUT2D eigenvalue weighted by Gasteiger charge is 2.40. The summed E-state index contributed by atoms with van der Waals surface area (Å²) in [6.07, 6.45) is 4.44. The predicted molar refractivity (Wildman–Crippen MR) is 139 cm³/mol. The number of piperazine rings is 1. The normalized spacial score (nSPS) is 21.5. The highest BCUT2D eigenvalue weighted by Crippen LogP contribution is 2.38. The van der Waals surface area contributed by atoms with E-state index in [0.29, 0.717) is 37.0 Å². The number of hydrogen-bond acceptors (Lipinski definition) is 5. The van der Waals surface area contributed by atoms with E-state index in [1.165, 1.54) is 11.3 Å². The quantitative estimate of drug-likeness (QED) is 0.641. The zero-order valence-corrected chi connectivity index (χ0v) is 21.8. The summed E-state index contributed by atoms with van der Waals surface area (Å²) in [6, 6.07) is 7.76. The number of fused-ring (bicyclic) bond motifs is 1. The van der Waals surface area contributed by atoms with E-state index in [1.54, 1.807) is 6.33 Å². The lowest BCUT2D eigenvalue weighted by Gasteiger charge is -2.44. The minimum absolute atomic E-state index is 0. The molecule has 2 aliphatic rings. The van der Waals surface area contributed by atoms with Crippen LogP contribution in [-0.4, -0.2) is 53.0 Å². The maximum atomic E-state index is 13.7. The number of halogens is 3. The molecule has 1 aliphatic carbocycles. The smallest absolute Gasteiger partial charge is 0.233 e. The van der Waals surface area contributed by atoms with Crippen LogP contribution in [0.2, 0.25) is 5.02 Å². The largest absolute Gasteiger partial charge is 0.350 e. The van der Waals surface area contributed by atoms with Gasteiger partial charge in [-0.3, -0.25) is 4.79 Å². The molecule has 1 amide bonds. The van der Waals surface area contributed by atoms with Crippen LogP contribution < -0.4 is 10.6 Å². The second kappa shape index (κ2) is 11.2. The van der Waals surface area contributed by atoms with E-state index in [1.807, 2.05) is 36.1 Å². The van der Waals surface area contributed by atoms with E-state index in [0.717, 1.165) is 30.8 Å². The Kier molecular flexibility index (Phi) is 9.40. The Labute approximate surface area is 214 Å². The molecule has 1 fully saturated rings. The number of aryl methyl sites for hydroxylation is 1. The van der Waals surface area contributed by atoms with Crippen molar-refractivity contribution in [1.29, 1.82) is 0 Å². The Hall–Kier alpha value is -1.60. The molecule has 9 heteroatoms. The van der Waals surface area contributed by atoms with Gasteiger partial charge in [-0.05, 0) is 63.3 Å². The van der Waals surface area contributed by atoms with Crippen LogP contribution in [0.3, 0.4) is 0 Å². The SMILES string of the molecule is C[C@@H]1CCc2ncnc(N3CCN(C(=O)C(C)(CCN)c4ccc(Cl)cc4)C[C@@H]3C)c21.Cl.Cl. The molecule has 0 saturated carbocycles. The van der Waals surface area contributed by atoms with Crippen molar-refractivity contribution in [2.45, 2.75) is 57.4 Å². The van der Waals surface area contributed by atoms with Crippen LogP contribution in [-0.2, 0) is 16.6 Å². The first kappa shape index (κ1) is 27.6. The van der Waals surface area contributed by atoms with Crippen LogP contribution in [0.25, 0.3) is 0 Å². The average molecular weight is 515 g/mol.